The number of hydrogen-bond acceptors (Lipinski definition) is 6. The van der Waals surface area contributed by atoms with Crippen LogP contribution in [0.25, 0.3) is 0 Å². The fourth-order valence-corrected chi connectivity index (χ4v) is 4.32. The van der Waals surface area contributed by atoms with Crippen molar-refractivity contribution in [3.63, 3.8) is 0 Å². The standard InChI is InChI=1S/C23H24F5N5O2/c1-15(22(34,12-33-14-29-13-31-33)19-4-3-17(24)10-20(19)25)32-8-6-18(7-9-32)35-21-5-2-16(11-30-21)23(26,27)28/h2-5,10-11,13-15,18,34H,6-9,12H2,1H3/t15-,22-/m1/s1. The summed E-state index contributed by atoms with van der Waals surface area (Å²) in [5.74, 6) is -1.52. The molecule has 0 radical (unpaired) electrons. The minimum absolute atomic E-state index is 0.0609. The molecule has 7 nitrogen and oxygen atoms in total. The number of nitrogens with zero attached hydrogens (tertiary/aromatic N) is 5. The van der Waals surface area contributed by atoms with E-state index >= 15 is 0 Å². The van der Waals surface area contributed by atoms with Gasteiger partial charge >= 0.3 is 6.18 Å². The van der Waals surface area contributed by atoms with Crippen LogP contribution in [-0.4, -0.2) is 55.0 Å². The van der Waals surface area contributed by atoms with Crippen LogP contribution < -0.4 is 4.74 Å². The van der Waals surface area contributed by atoms with Crippen molar-refractivity contribution in [3.05, 3.63) is 71.9 Å². The summed E-state index contributed by atoms with van der Waals surface area (Å²) in [6.07, 6.45) is -0.306. The number of ether oxygens (including phenoxy) is 1. The number of aromatic nitrogens is 4. The van der Waals surface area contributed by atoms with Crippen LogP contribution in [0, 0.1) is 11.6 Å². The summed E-state index contributed by atoms with van der Waals surface area (Å²) in [4.78, 5) is 9.57. The first kappa shape index (κ1) is 25.0. The van der Waals surface area contributed by atoms with E-state index < -0.39 is 35.0 Å². The van der Waals surface area contributed by atoms with E-state index in [1.807, 2.05) is 4.90 Å². The summed E-state index contributed by atoms with van der Waals surface area (Å²) in [5, 5.41) is 15.7. The van der Waals surface area contributed by atoms with Gasteiger partial charge in [-0.2, -0.15) is 18.3 Å². The molecule has 2 atom stereocenters. The maximum atomic E-state index is 14.7. The first-order valence-electron chi connectivity index (χ1n) is 11.0. The third kappa shape index (κ3) is 5.59. The Hall–Kier alpha value is -3.12. The monoisotopic (exact) mass is 497 g/mol. The van der Waals surface area contributed by atoms with Crippen LogP contribution in [0.4, 0.5) is 22.0 Å². The van der Waals surface area contributed by atoms with Crippen LogP contribution >= 0.6 is 0 Å². The predicted molar refractivity (Wildman–Crippen MR) is 114 cm³/mol. The molecule has 0 saturated carbocycles. The Labute approximate surface area is 198 Å². The number of halogens is 5. The Kier molecular flexibility index (Phi) is 7.04. The number of aliphatic hydroxyl groups is 1. The van der Waals surface area contributed by atoms with E-state index in [2.05, 4.69) is 15.1 Å². The van der Waals surface area contributed by atoms with E-state index in [1.165, 1.54) is 29.5 Å². The fourth-order valence-electron chi connectivity index (χ4n) is 4.32. The van der Waals surface area contributed by atoms with Crippen LogP contribution in [0.3, 0.4) is 0 Å². The largest absolute Gasteiger partial charge is 0.474 e. The number of hydrogen-bond donors (Lipinski definition) is 1. The second-order valence-corrected chi connectivity index (χ2v) is 8.55. The summed E-state index contributed by atoms with van der Waals surface area (Å²) >= 11 is 0. The van der Waals surface area contributed by atoms with Gasteiger partial charge in [0.2, 0.25) is 5.88 Å². The average molecular weight is 497 g/mol. The summed E-state index contributed by atoms with van der Waals surface area (Å²) < 4.78 is 73.6. The van der Waals surface area contributed by atoms with Crippen LogP contribution in [0.5, 0.6) is 5.88 Å². The molecule has 4 rings (SSSR count). The van der Waals surface area contributed by atoms with E-state index in [1.54, 1.807) is 6.92 Å². The van der Waals surface area contributed by atoms with E-state index in [4.69, 9.17) is 4.74 Å². The first-order valence-corrected chi connectivity index (χ1v) is 11.0. The number of rotatable bonds is 7. The lowest BCUT2D eigenvalue weighted by Crippen LogP contribution is -2.54. The maximum absolute atomic E-state index is 14.7. The second-order valence-electron chi connectivity index (χ2n) is 8.55. The molecule has 0 bridgehead atoms. The van der Waals surface area contributed by atoms with Gasteiger partial charge in [-0.3, -0.25) is 4.90 Å². The van der Waals surface area contributed by atoms with Crippen molar-refractivity contribution in [3.8, 4) is 5.88 Å². The van der Waals surface area contributed by atoms with Gasteiger partial charge in [0.05, 0.1) is 12.1 Å². The Morgan fingerprint density at radius 3 is 2.46 bits per heavy atom. The van der Waals surface area contributed by atoms with E-state index in [-0.39, 0.29) is 24.1 Å². The van der Waals surface area contributed by atoms with E-state index in [9.17, 15) is 27.1 Å². The summed E-state index contributed by atoms with van der Waals surface area (Å²) in [5.41, 5.74) is -2.67. The number of benzene rings is 1. The molecule has 0 amide bonds. The van der Waals surface area contributed by atoms with Crippen LogP contribution in [0.2, 0.25) is 0 Å². The molecule has 1 aliphatic rings. The van der Waals surface area contributed by atoms with Gasteiger partial charge in [0.25, 0.3) is 0 Å². The van der Waals surface area contributed by atoms with Gasteiger partial charge in [0, 0.05) is 43.0 Å². The summed E-state index contributed by atoms with van der Waals surface area (Å²) in [7, 11) is 0. The molecular formula is C23H24F5N5O2. The molecule has 0 unspecified atom stereocenters. The highest BCUT2D eigenvalue weighted by molar-refractivity contribution is 5.27. The van der Waals surface area contributed by atoms with Crippen molar-refractivity contribution in [2.24, 2.45) is 0 Å². The highest BCUT2D eigenvalue weighted by Gasteiger charge is 2.43. The summed E-state index contributed by atoms with van der Waals surface area (Å²) in [6, 6.07) is 4.55. The van der Waals surface area contributed by atoms with Gasteiger partial charge in [-0.05, 0) is 31.9 Å². The molecule has 1 saturated heterocycles. The molecule has 1 fully saturated rings. The molecule has 2 aromatic heterocycles. The lowest BCUT2D eigenvalue weighted by molar-refractivity contribution is -0.137. The number of piperidine rings is 1. The van der Waals surface area contributed by atoms with Gasteiger partial charge < -0.3 is 9.84 Å². The Morgan fingerprint density at radius 2 is 1.89 bits per heavy atom. The topological polar surface area (TPSA) is 76.3 Å². The number of likely N-dealkylation sites (tertiary alicyclic amines) is 1. The lowest BCUT2D eigenvalue weighted by Gasteiger charge is -2.44. The molecule has 1 aliphatic heterocycles. The van der Waals surface area contributed by atoms with E-state index in [0.717, 1.165) is 24.4 Å². The molecule has 0 aliphatic carbocycles. The zero-order valence-corrected chi connectivity index (χ0v) is 18.8. The van der Waals surface area contributed by atoms with Gasteiger partial charge in [-0.15, -0.1) is 0 Å². The third-order valence-corrected chi connectivity index (χ3v) is 6.33. The average Bonchev–Trinajstić information content (AvgIpc) is 3.31. The minimum atomic E-state index is -4.47. The van der Waals surface area contributed by atoms with Crippen molar-refractivity contribution in [1.82, 2.24) is 24.6 Å². The zero-order chi connectivity index (χ0) is 25.2. The minimum Gasteiger partial charge on any atom is -0.474 e. The van der Waals surface area contributed by atoms with Crippen molar-refractivity contribution in [2.75, 3.05) is 13.1 Å². The second kappa shape index (κ2) is 9.86. The van der Waals surface area contributed by atoms with Crippen LogP contribution in [0.15, 0.2) is 49.2 Å². The molecule has 0 spiro atoms. The van der Waals surface area contributed by atoms with Crippen LogP contribution in [-0.2, 0) is 18.3 Å². The highest BCUT2D eigenvalue weighted by atomic mass is 19.4. The van der Waals surface area contributed by atoms with Gasteiger partial charge in [0.1, 0.15) is 36.0 Å². The number of alkyl halides is 3. The quantitative estimate of drug-likeness (QED) is 0.501. The smallest absolute Gasteiger partial charge is 0.417 e. The van der Waals surface area contributed by atoms with Gasteiger partial charge in [-0.1, -0.05) is 6.07 Å². The van der Waals surface area contributed by atoms with Gasteiger partial charge in [0.15, 0.2) is 0 Å². The lowest BCUT2D eigenvalue weighted by atomic mass is 9.84. The molecule has 12 heteroatoms. The normalized spacial score (nSPS) is 18.3. The first-order chi connectivity index (χ1) is 16.6. The Bertz CT molecular complexity index is 1120. The number of pyridine rings is 1. The fraction of sp³-hybridized carbons (Fsp3) is 0.435. The van der Waals surface area contributed by atoms with Crippen molar-refractivity contribution in [2.45, 2.75) is 50.2 Å². The highest BCUT2D eigenvalue weighted by Crippen LogP contribution is 2.34. The zero-order valence-electron chi connectivity index (χ0n) is 18.8. The SMILES string of the molecule is C[C@@H](N1CCC(Oc2ccc(C(F)(F)F)cn2)CC1)[C@](O)(Cn1cncn1)c1ccc(F)cc1F. The van der Waals surface area contributed by atoms with Crippen molar-refractivity contribution < 1.29 is 31.8 Å². The molecular weight excluding hydrogens is 473 g/mol. The van der Waals surface area contributed by atoms with Crippen molar-refractivity contribution >= 4 is 0 Å². The third-order valence-electron chi connectivity index (χ3n) is 6.33. The maximum Gasteiger partial charge on any atom is 0.417 e. The molecule has 3 aromatic rings. The van der Waals surface area contributed by atoms with Gasteiger partial charge in [-0.25, -0.2) is 23.4 Å². The molecule has 1 aromatic carbocycles. The summed E-state index contributed by atoms with van der Waals surface area (Å²) in [6.45, 7) is 2.57. The Balaban J connectivity index is 1.46. The Morgan fingerprint density at radius 1 is 1.14 bits per heavy atom. The van der Waals surface area contributed by atoms with Crippen molar-refractivity contribution in [1.29, 1.82) is 0 Å². The molecule has 3 heterocycles. The van der Waals surface area contributed by atoms with Crippen LogP contribution in [0.1, 0.15) is 30.9 Å². The van der Waals surface area contributed by atoms with E-state index in [0.29, 0.717) is 25.9 Å². The molecule has 188 valence electrons. The molecule has 35 heavy (non-hydrogen) atoms. The molecule has 1 N–H and O–H groups in total. The predicted octanol–water partition coefficient (Wildman–Crippen LogP) is 3.79.